The number of benzene rings is 1. The topological polar surface area (TPSA) is 66.6 Å². The lowest BCUT2D eigenvalue weighted by Crippen LogP contribution is -1.90. The highest BCUT2D eigenvalue weighted by Gasteiger charge is 2.22. The van der Waals surface area contributed by atoms with Crippen LogP contribution in [0.25, 0.3) is 45.6 Å². The highest BCUT2D eigenvalue weighted by molar-refractivity contribution is 5.97. The van der Waals surface area contributed by atoms with Crippen molar-refractivity contribution in [3.63, 3.8) is 0 Å². The number of methoxy groups -OCH3 is 1. The van der Waals surface area contributed by atoms with Gasteiger partial charge < -0.3 is 14.7 Å². The zero-order valence-electron chi connectivity index (χ0n) is 17.5. The van der Waals surface area contributed by atoms with Gasteiger partial charge in [0, 0.05) is 22.1 Å². The molecule has 1 aromatic carbocycles. The normalized spacial score (nSPS) is 12.9. The van der Waals surface area contributed by atoms with E-state index in [-0.39, 0.29) is 0 Å². The number of ether oxygens (including phenoxy) is 1. The lowest BCUT2D eigenvalue weighted by molar-refractivity contribution is 0.371. The van der Waals surface area contributed by atoms with Crippen molar-refractivity contribution in [2.45, 2.75) is 0 Å². The van der Waals surface area contributed by atoms with Crippen LogP contribution in [0.15, 0.2) is 78.9 Å². The van der Waals surface area contributed by atoms with Crippen LogP contribution in [-0.2, 0) is 4.74 Å². The number of fused-ring (bicyclic) bond motifs is 8. The molecular formula is C27H20N4O. The molecule has 4 aromatic rings. The fourth-order valence-electron chi connectivity index (χ4n) is 4.14. The van der Waals surface area contributed by atoms with Gasteiger partial charge in [-0.25, -0.2) is 9.97 Å². The number of aromatic amines is 2. The van der Waals surface area contributed by atoms with Crippen molar-refractivity contribution in [1.29, 1.82) is 0 Å². The van der Waals surface area contributed by atoms with Crippen LogP contribution in [0.3, 0.4) is 0 Å². The van der Waals surface area contributed by atoms with Gasteiger partial charge in [-0.2, -0.15) is 0 Å². The van der Waals surface area contributed by atoms with Gasteiger partial charge in [-0.15, -0.1) is 0 Å². The first-order chi connectivity index (χ1) is 15.7. The number of rotatable bonds is 2. The fraction of sp³-hybridized carbons (Fsp3) is 0.0370. The van der Waals surface area contributed by atoms with Gasteiger partial charge in [-0.1, -0.05) is 30.3 Å². The van der Waals surface area contributed by atoms with Gasteiger partial charge >= 0.3 is 0 Å². The summed E-state index contributed by atoms with van der Waals surface area (Å²) in [5.74, 6) is 0.749. The second-order valence-corrected chi connectivity index (χ2v) is 7.77. The smallest absolute Gasteiger partial charge is 0.154 e. The van der Waals surface area contributed by atoms with Crippen LogP contribution in [0.5, 0.6) is 0 Å². The third kappa shape index (κ3) is 3.30. The largest absolute Gasteiger partial charge is 0.494 e. The Labute approximate surface area is 184 Å². The third-order valence-electron chi connectivity index (χ3n) is 5.56. The molecule has 2 aliphatic heterocycles. The Balaban J connectivity index is 1.70. The Morgan fingerprint density at radius 1 is 0.625 bits per heavy atom. The predicted molar refractivity (Wildman–Crippen MR) is 129 cm³/mol. The summed E-state index contributed by atoms with van der Waals surface area (Å²) in [6.45, 7) is 0. The maximum Gasteiger partial charge on any atom is 0.154 e. The number of hydrogen-bond donors (Lipinski definition) is 2. The van der Waals surface area contributed by atoms with Gasteiger partial charge in [0.05, 0.1) is 29.8 Å². The van der Waals surface area contributed by atoms with Crippen LogP contribution in [0.4, 0.5) is 0 Å². The zero-order chi connectivity index (χ0) is 21.5. The van der Waals surface area contributed by atoms with Gasteiger partial charge in [-0.3, -0.25) is 0 Å². The summed E-state index contributed by atoms with van der Waals surface area (Å²) in [5, 5.41) is 0. The molecule has 32 heavy (non-hydrogen) atoms. The minimum Gasteiger partial charge on any atom is -0.494 e. The molecule has 154 valence electrons. The van der Waals surface area contributed by atoms with Crippen molar-refractivity contribution < 1.29 is 4.74 Å². The molecule has 5 nitrogen and oxygen atoms in total. The maximum atomic E-state index is 5.86. The van der Waals surface area contributed by atoms with Crippen LogP contribution in [-0.4, -0.2) is 27.0 Å². The second-order valence-electron chi connectivity index (χ2n) is 7.77. The Morgan fingerprint density at radius 2 is 1.25 bits per heavy atom. The summed E-state index contributed by atoms with van der Waals surface area (Å²) in [6, 6.07) is 26.6. The van der Waals surface area contributed by atoms with E-state index in [1.807, 2.05) is 54.6 Å². The number of hydrogen-bond acceptors (Lipinski definition) is 3. The van der Waals surface area contributed by atoms with Crippen LogP contribution >= 0.6 is 0 Å². The number of aromatic nitrogens is 4. The highest BCUT2D eigenvalue weighted by Crippen LogP contribution is 2.35. The van der Waals surface area contributed by atoms with Gasteiger partial charge in [0.2, 0.25) is 0 Å². The molecule has 0 fully saturated rings. The quantitative estimate of drug-likeness (QED) is 0.368. The van der Waals surface area contributed by atoms with E-state index in [1.54, 1.807) is 7.11 Å². The SMILES string of the molecule is COC1=C(c2ccccc2)c2cc3nc(cc4ccc(cc5ccc(cc1n2)[nH]5)[nH]4)C=C3. The molecule has 0 unspecified atom stereocenters. The molecule has 2 N–H and O–H groups in total. The molecule has 0 spiro atoms. The van der Waals surface area contributed by atoms with E-state index in [4.69, 9.17) is 14.7 Å². The van der Waals surface area contributed by atoms with Crippen molar-refractivity contribution in [3.05, 3.63) is 107 Å². The molecule has 6 rings (SSSR count). The van der Waals surface area contributed by atoms with Gasteiger partial charge in [0.1, 0.15) is 5.69 Å². The number of nitrogens with one attached hydrogen (secondary N) is 2. The molecule has 0 saturated heterocycles. The van der Waals surface area contributed by atoms with Crippen molar-refractivity contribution >= 4 is 45.6 Å². The van der Waals surface area contributed by atoms with Gasteiger partial charge in [0.15, 0.2) is 5.76 Å². The van der Waals surface area contributed by atoms with Crippen LogP contribution in [0.2, 0.25) is 0 Å². The standard InChI is InChI=1S/C27H20N4O/c1-32-27-25-16-23-12-10-21(30-23)14-19-8-7-18(28-19)13-20-9-11-22(29-20)15-24(31-25)26(27)17-5-3-2-4-6-17/h2-16,28,30H,1H3. The molecule has 5 heterocycles. The minimum absolute atomic E-state index is 0.749. The average molecular weight is 416 g/mol. The number of H-pyrrole nitrogens is 2. The molecule has 8 bridgehead atoms. The van der Waals surface area contributed by atoms with E-state index in [0.29, 0.717) is 0 Å². The van der Waals surface area contributed by atoms with E-state index in [2.05, 4.69) is 46.4 Å². The Morgan fingerprint density at radius 3 is 1.94 bits per heavy atom. The summed E-state index contributed by atoms with van der Waals surface area (Å²) >= 11 is 0. The first-order valence-electron chi connectivity index (χ1n) is 10.5. The first-order valence-corrected chi connectivity index (χ1v) is 10.5. The molecule has 0 saturated carbocycles. The minimum atomic E-state index is 0.749. The summed E-state index contributed by atoms with van der Waals surface area (Å²) in [4.78, 5) is 16.6. The monoisotopic (exact) mass is 416 g/mol. The van der Waals surface area contributed by atoms with Crippen LogP contribution in [0.1, 0.15) is 28.3 Å². The molecule has 0 radical (unpaired) electrons. The Kier molecular flexibility index (Phi) is 4.25. The molecule has 2 aliphatic rings. The fourth-order valence-corrected chi connectivity index (χ4v) is 4.14. The second kappa shape index (κ2) is 7.39. The van der Waals surface area contributed by atoms with Gasteiger partial charge in [-0.05, 0) is 66.2 Å². The summed E-state index contributed by atoms with van der Waals surface area (Å²) < 4.78 is 5.86. The molecular weight excluding hydrogens is 396 g/mol. The summed E-state index contributed by atoms with van der Waals surface area (Å²) in [7, 11) is 1.69. The molecule has 3 aromatic heterocycles. The third-order valence-corrected chi connectivity index (χ3v) is 5.56. The maximum absolute atomic E-state index is 5.86. The lowest BCUT2D eigenvalue weighted by atomic mass is 10.0. The van der Waals surface area contributed by atoms with Crippen molar-refractivity contribution in [1.82, 2.24) is 19.9 Å². The van der Waals surface area contributed by atoms with E-state index in [0.717, 1.165) is 61.7 Å². The molecule has 0 amide bonds. The van der Waals surface area contributed by atoms with E-state index < -0.39 is 0 Å². The molecule has 5 heteroatoms. The Bertz CT molecular complexity index is 1550. The van der Waals surface area contributed by atoms with E-state index in [1.165, 1.54) is 0 Å². The zero-order valence-corrected chi connectivity index (χ0v) is 17.5. The lowest BCUT2D eigenvalue weighted by Gasteiger charge is -2.07. The summed E-state index contributed by atoms with van der Waals surface area (Å²) in [6.07, 6.45) is 4.02. The van der Waals surface area contributed by atoms with Crippen LogP contribution < -0.4 is 0 Å². The Hall–Kier alpha value is -4.38. The van der Waals surface area contributed by atoms with E-state index in [9.17, 15) is 0 Å². The average Bonchev–Trinajstić information content (AvgIpc) is 3.58. The molecule has 0 aliphatic carbocycles. The van der Waals surface area contributed by atoms with Crippen molar-refractivity contribution in [2.75, 3.05) is 7.11 Å². The highest BCUT2D eigenvalue weighted by atomic mass is 16.5. The van der Waals surface area contributed by atoms with Crippen LogP contribution in [0, 0.1) is 0 Å². The predicted octanol–water partition coefficient (Wildman–Crippen LogP) is 6.05. The molecule has 0 atom stereocenters. The summed E-state index contributed by atoms with van der Waals surface area (Å²) in [5.41, 5.74) is 9.36. The van der Waals surface area contributed by atoms with Crippen molar-refractivity contribution in [3.8, 4) is 0 Å². The van der Waals surface area contributed by atoms with E-state index >= 15 is 0 Å². The van der Waals surface area contributed by atoms with Crippen molar-refractivity contribution in [2.24, 2.45) is 0 Å². The first kappa shape index (κ1) is 18.4. The number of nitrogens with zero attached hydrogens (tertiary/aromatic N) is 2. The van der Waals surface area contributed by atoms with Gasteiger partial charge in [0.25, 0.3) is 0 Å².